The quantitative estimate of drug-likeness (QED) is 0.0247. The smallest absolute Gasteiger partial charge is 0.387 e. The number of phosphoric ester groups is 1. The Morgan fingerprint density at radius 1 is 0.600 bits per heavy atom. The van der Waals surface area contributed by atoms with Gasteiger partial charge in [-0.25, -0.2) is 4.57 Å². The molecule has 0 aromatic carbocycles. The lowest BCUT2D eigenvalue weighted by molar-refractivity contribution is -0.870. The maximum atomic E-state index is 12.8. The van der Waals surface area contributed by atoms with E-state index < -0.39 is 20.0 Å². The van der Waals surface area contributed by atoms with E-state index in [4.69, 9.17) is 9.05 Å². The molecule has 0 rings (SSSR count). The van der Waals surface area contributed by atoms with Crippen LogP contribution in [0.4, 0.5) is 0 Å². The van der Waals surface area contributed by atoms with E-state index in [9.17, 15) is 19.4 Å². The molecule has 1 amide bonds. The fourth-order valence-corrected chi connectivity index (χ4v) is 6.86. The third kappa shape index (κ3) is 40.5. The van der Waals surface area contributed by atoms with Crippen molar-refractivity contribution in [3.8, 4) is 0 Å². The zero-order valence-corrected chi connectivity index (χ0v) is 37.3. The van der Waals surface area contributed by atoms with Gasteiger partial charge in [-0.05, 0) is 70.6 Å². The monoisotopic (exact) mass is 796 g/mol. The minimum atomic E-state index is -4.35. The van der Waals surface area contributed by atoms with E-state index in [-0.39, 0.29) is 19.1 Å². The number of rotatable bonds is 40. The Kier molecular flexibility index (Phi) is 36.9. The van der Waals surface area contributed by atoms with Crippen LogP contribution < -0.4 is 5.32 Å². The highest BCUT2D eigenvalue weighted by atomic mass is 31.2. The maximum absolute atomic E-state index is 12.8. The summed E-state index contributed by atoms with van der Waals surface area (Å²) in [5.74, 6) is -0.203. The van der Waals surface area contributed by atoms with E-state index in [0.717, 1.165) is 57.8 Å². The predicted molar refractivity (Wildman–Crippen MR) is 235 cm³/mol. The first-order chi connectivity index (χ1) is 26.5. The number of amides is 1. The Morgan fingerprint density at radius 2 is 1.00 bits per heavy atom. The second-order valence-corrected chi connectivity index (χ2v) is 17.9. The van der Waals surface area contributed by atoms with E-state index in [2.05, 4.69) is 55.6 Å². The number of nitrogens with zero attached hydrogens (tertiary/aromatic N) is 1. The summed E-state index contributed by atoms with van der Waals surface area (Å²) in [6.07, 6.45) is 47.6. The number of aliphatic hydroxyl groups is 1. The summed E-state index contributed by atoms with van der Waals surface area (Å²) in [5, 5.41) is 13.8. The van der Waals surface area contributed by atoms with Crippen LogP contribution in [0.25, 0.3) is 0 Å². The maximum Gasteiger partial charge on any atom is 0.472 e. The number of likely N-dealkylation sites (N-methyl/N-ethyl adjacent to an activating group) is 1. The summed E-state index contributed by atoms with van der Waals surface area (Å²) in [6, 6.07) is -0.873. The van der Waals surface area contributed by atoms with Gasteiger partial charge in [-0.2, -0.15) is 0 Å². The fraction of sp³-hybridized carbons (Fsp3) is 0.804. The molecule has 0 aromatic rings. The van der Waals surface area contributed by atoms with Gasteiger partial charge in [0.2, 0.25) is 5.91 Å². The number of nitrogens with one attached hydrogen (secondary N) is 1. The molecule has 0 aliphatic carbocycles. The first-order valence-electron chi connectivity index (χ1n) is 22.5. The van der Waals surface area contributed by atoms with Crippen LogP contribution in [-0.2, 0) is 18.4 Å². The second kappa shape index (κ2) is 38.0. The average Bonchev–Trinajstić information content (AvgIpc) is 3.13. The van der Waals surface area contributed by atoms with Crippen molar-refractivity contribution in [2.75, 3.05) is 40.9 Å². The number of hydrogen-bond donors (Lipinski definition) is 3. The number of carbonyl (C=O) groups excluding carboxylic acids is 1. The van der Waals surface area contributed by atoms with Crippen LogP contribution in [0.1, 0.15) is 187 Å². The van der Waals surface area contributed by atoms with Gasteiger partial charge in [0, 0.05) is 6.42 Å². The molecule has 9 heteroatoms. The Labute approximate surface area is 339 Å². The molecule has 55 heavy (non-hydrogen) atoms. The molecule has 0 saturated heterocycles. The van der Waals surface area contributed by atoms with Crippen molar-refractivity contribution in [3.63, 3.8) is 0 Å². The van der Waals surface area contributed by atoms with Gasteiger partial charge in [0.25, 0.3) is 0 Å². The van der Waals surface area contributed by atoms with Crippen molar-refractivity contribution in [2.24, 2.45) is 0 Å². The molecule has 0 saturated carbocycles. The molecule has 3 atom stereocenters. The van der Waals surface area contributed by atoms with Crippen LogP contribution in [0.5, 0.6) is 0 Å². The molecular formula is C46H88N2O6P+. The summed E-state index contributed by atoms with van der Waals surface area (Å²) in [7, 11) is 1.54. The SMILES string of the molecule is CCCCCC/C=C\CCCCCCCC(=O)NC(COP(=O)(O)OCC[N+](C)(C)C)C(O)/C=C/CC/C=C/CC/C=C/CCCCCCCCCCCC. The van der Waals surface area contributed by atoms with E-state index >= 15 is 0 Å². The van der Waals surface area contributed by atoms with Crippen LogP contribution in [0.3, 0.4) is 0 Å². The van der Waals surface area contributed by atoms with E-state index in [1.54, 1.807) is 6.08 Å². The number of carbonyl (C=O) groups is 1. The number of hydrogen-bond acceptors (Lipinski definition) is 5. The second-order valence-electron chi connectivity index (χ2n) is 16.4. The highest BCUT2D eigenvalue weighted by Crippen LogP contribution is 2.43. The van der Waals surface area contributed by atoms with Crippen molar-refractivity contribution in [1.29, 1.82) is 0 Å². The van der Waals surface area contributed by atoms with Gasteiger partial charge in [0.1, 0.15) is 13.2 Å². The zero-order chi connectivity index (χ0) is 40.7. The lowest BCUT2D eigenvalue weighted by Gasteiger charge is -2.25. The molecule has 0 aliphatic heterocycles. The van der Waals surface area contributed by atoms with Crippen LogP contribution in [0.15, 0.2) is 48.6 Å². The lowest BCUT2D eigenvalue weighted by Crippen LogP contribution is -2.45. The standard InChI is InChI=1S/C46H87N2O6P/c1-6-8-10-12-14-16-18-20-21-22-23-24-25-26-28-29-31-33-35-37-39-45(49)44(43-54-55(51,52)53-42-41-48(3,4)5)47-46(50)40-38-36-34-32-30-27-19-17-15-13-11-9-7-2/h17,19,24-25,29,31,37,39,44-45,49H,6-16,18,20-23,26-28,30,32-36,38,40-43H2,1-5H3,(H-,47,50,51,52)/p+1/b19-17-,25-24+,31-29+,39-37+. The first-order valence-corrected chi connectivity index (χ1v) is 24.0. The lowest BCUT2D eigenvalue weighted by atomic mass is 10.1. The Morgan fingerprint density at radius 3 is 1.47 bits per heavy atom. The van der Waals surface area contributed by atoms with Gasteiger partial charge in [-0.1, -0.05) is 159 Å². The largest absolute Gasteiger partial charge is 0.472 e. The molecule has 3 N–H and O–H groups in total. The third-order valence-electron chi connectivity index (χ3n) is 9.75. The molecule has 8 nitrogen and oxygen atoms in total. The van der Waals surface area contributed by atoms with Gasteiger partial charge >= 0.3 is 7.82 Å². The van der Waals surface area contributed by atoms with Crippen molar-refractivity contribution >= 4 is 13.7 Å². The van der Waals surface area contributed by atoms with E-state index in [0.29, 0.717) is 17.4 Å². The molecule has 0 bridgehead atoms. The fourth-order valence-electron chi connectivity index (χ4n) is 6.12. The molecule has 3 unspecified atom stereocenters. The Hall–Kier alpha value is -1.54. The number of aliphatic hydroxyl groups excluding tert-OH is 1. The molecule has 0 fully saturated rings. The van der Waals surface area contributed by atoms with Gasteiger partial charge in [-0.3, -0.25) is 13.8 Å². The van der Waals surface area contributed by atoms with Crippen molar-refractivity contribution < 1.29 is 32.9 Å². The molecule has 0 spiro atoms. The summed E-state index contributed by atoms with van der Waals surface area (Å²) in [6.45, 7) is 4.75. The van der Waals surface area contributed by atoms with E-state index in [1.165, 1.54) is 109 Å². The van der Waals surface area contributed by atoms with Gasteiger partial charge in [0.05, 0.1) is 39.9 Å². The van der Waals surface area contributed by atoms with Gasteiger partial charge in [0.15, 0.2) is 0 Å². The minimum absolute atomic E-state index is 0.0509. The Bertz CT molecular complexity index is 1040. The Balaban J connectivity index is 4.50. The number of phosphoric acid groups is 1. The highest BCUT2D eigenvalue weighted by molar-refractivity contribution is 7.47. The zero-order valence-electron chi connectivity index (χ0n) is 36.4. The average molecular weight is 796 g/mol. The topological polar surface area (TPSA) is 105 Å². The van der Waals surface area contributed by atoms with Crippen LogP contribution in [-0.4, -0.2) is 73.4 Å². The summed E-state index contributed by atoms with van der Waals surface area (Å²) in [4.78, 5) is 23.1. The molecular weight excluding hydrogens is 707 g/mol. The third-order valence-corrected chi connectivity index (χ3v) is 10.7. The first kappa shape index (κ1) is 53.5. The predicted octanol–water partition coefficient (Wildman–Crippen LogP) is 12.5. The number of quaternary nitrogens is 1. The number of allylic oxidation sites excluding steroid dienone is 7. The van der Waals surface area contributed by atoms with Crippen LogP contribution in [0, 0.1) is 0 Å². The van der Waals surface area contributed by atoms with E-state index in [1.807, 2.05) is 27.2 Å². The van der Waals surface area contributed by atoms with Crippen LogP contribution >= 0.6 is 7.82 Å². The van der Waals surface area contributed by atoms with Crippen molar-refractivity contribution in [2.45, 2.75) is 199 Å². The summed E-state index contributed by atoms with van der Waals surface area (Å²) >= 11 is 0. The van der Waals surface area contributed by atoms with Gasteiger partial charge < -0.3 is 19.8 Å². The summed E-state index contributed by atoms with van der Waals surface area (Å²) in [5.41, 5.74) is 0. The van der Waals surface area contributed by atoms with Gasteiger partial charge in [-0.15, -0.1) is 0 Å². The van der Waals surface area contributed by atoms with Crippen molar-refractivity contribution in [1.82, 2.24) is 5.32 Å². The minimum Gasteiger partial charge on any atom is -0.387 e. The molecule has 0 radical (unpaired) electrons. The number of unbranched alkanes of at least 4 members (excludes halogenated alkanes) is 21. The normalized spacial score (nSPS) is 14.8. The summed E-state index contributed by atoms with van der Waals surface area (Å²) < 4.78 is 23.5. The highest BCUT2D eigenvalue weighted by Gasteiger charge is 2.27. The van der Waals surface area contributed by atoms with Crippen molar-refractivity contribution in [3.05, 3.63) is 48.6 Å². The van der Waals surface area contributed by atoms with Crippen LogP contribution in [0.2, 0.25) is 0 Å². The molecule has 0 heterocycles. The molecule has 0 aliphatic rings. The molecule has 322 valence electrons. The molecule has 0 aromatic heterocycles.